The lowest BCUT2D eigenvalue weighted by molar-refractivity contribution is 0.0941. The zero-order chi connectivity index (χ0) is 25.1. The van der Waals surface area contributed by atoms with Gasteiger partial charge in [-0.05, 0) is 55.0 Å². The molecule has 0 fully saturated rings. The molecule has 182 valence electrons. The second-order valence-electron chi connectivity index (χ2n) is 7.70. The highest BCUT2D eigenvalue weighted by Gasteiger charge is 2.23. The van der Waals surface area contributed by atoms with E-state index in [2.05, 4.69) is 15.4 Å². The van der Waals surface area contributed by atoms with Gasteiger partial charge in [0, 0.05) is 5.56 Å². The minimum Gasteiger partial charge on any atom is -0.497 e. The molecule has 0 bridgehead atoms. The van der Waals surface area contributed by atoms with Crippen molar-refractivity contribution < 1.29 is 27.8 Å². The number of halogens is 2. The van der Waals surface area contributed by atoms with Crippen LogP contribution in [0.2, 0.25) is 0 Å². The molecule has 0 saturated carbocycles. The number of hydrogen-bond acceptors (Lipinski definition) is 6. The first-order chi connectivity index (χ1) is 16.9. The molecule has 10 heteroatoms. The van der Waals surface area contributed by atoms with E-state index in [1.165, 1.54) is 33.6 Å². The van der Waals surface area contributed by atoms with E-state index in [9.17, 15) is 13.6 Å². The minimum atomic E-state index is -2.82. The zero-order valence-corrected chi connectivity index (χ0v) is 19.6. The molecule has 1 atom stereocenters. The Morgan fingerprint density at radius 3 is 2.31 bits per heavy atom. The number of methoxy groups -OCH3 is 3. The summed E-state index contributed by atoms with van der Waals surface area (Å²) in [6.07, 6.45) is -1.58. The molecule has 35 heavy (non-hydrogen) atoms. The number of aromatic nitrogens is 3. The minimum absolute atomic E-state index is 0.0330. The summed E-state index contributed by atoms with van der Waals surface area (Å²) >= 11 is 0. The normalized spacial score (nSPS) is 12.0. The number of carbonyl (C=O) groups excluding carboxylic acids is 1. The van der Waals surface area contributed by atoms with Crippen LogP contribution < -0.4 is 19.5 Å². The Hall–Kier alpha value is -4.21. The molecule has 0 spiro atoms. The maximum atomic E-state index is 13.9. The van der Waals surface area contributed by atoms with E-state index in [1.54, 1.807) is 49.4 Å². The van der Waals surface area contributed by atoms with Gasteiger partial charge in [0.15, 0.2) is 17.1 Å². The summed E-state index contributed by atoms with van der Waals surface area (Å²) in [5.74, 6) is 1.21. The van der Waals surface area contributed by atoms with Crippen molar-refractivity contribution in [3.63, 3.8) is 0 Å². The van der Waals surface area contributed by atoms with Crippen molar-refractivity contribution in [3.8, 4) is 28.5 Å². The van der Waals surface area contributed by atoms with Crippen molar-refractivity contribution in [2.24, 2.45) is 0 Å². The first kappa shape index (κ1) is 23.9. The molecule has 8 nitrogen and oxygen atoms in total. The lowest BCUT2D eigenvalue weighted by Gasteiger charge is -2.16. The molecule has 0 radical (unpaired) electrons. The number of amides is 1. The quantitative estimate of drug-likeness (QED) is 0.386. The predicted octanol–water partition coefficient (Wildman–Crippen LogP) is 4.85. The molecule has 1 unspecified atom stereocenters. The molecule has 4 aromatic rings. The summed E-state index contributed by atoms with van der Waals surface area (Å²) in [6.45, 7) is 1.80. The third kappa shape index (κ3) is 4.72. The lowest BCUT2D eigenvalue weighted by Crippen LogP contribution is -2.26. The van der Waals surface area contributed by atoms with Crippen molar-refractivity contribution >= 4 is 11.6 Å². The number of rotatable bonds is 8. The average Bonchev–Trinajstić information content (AvgIpc) is 3.31. The third-order valence-corrected chi connectivity index (χ3v) is 5.61. The highest BCUT2D eigenvalue weighted by Crippen LogP contribution is 2.31. The molecular formula is C25H24F2N4O4. The fourth-order valence-electron chi connectivity index (χ4n) is 3.69. The van der Waals surface area contributed by atoms with Crippen molar-refractivity contribution in [3.05, 3.63) is 71.5 Å². The van der Waals surface area contributed by atoms with Gasteiger partial charge in [-0.3, -0.25) is 4.79 Å². The summed E-state index contributed by atoms with van der Waals surface area (Å²) < 4.78 is 44.4. The van der Waals surface area contributed by atoms with Gasteiger partial charge in [0.25, 0.3) is 12.3 Å². The van der Waals surface area contributed by atoms with Crippen molar-refractivity contribution in [1.82, 2.24) is 19.9 Å². The third-order valence-electron chi connectivity index (χ3n) is 5.61. The maximum absolute atomic E-state index is 13.9. The van der Waals surface area contributed by atoms with Crippen LogP contribution in [-0.2, 0) is 0 Å². The van der Waals surface area contributed by atoms with Gasteiger partial charge in [0.2, 0.25) is 0 Å². The first-order valence-corrected chi connectivity index (χ1v) is 10.7. The fourth-order valence-corrected chi connectivity index (χ4v) is 3.69. The van der Waals surface area contributed by atoms with E-state index < -0.39 is 18.4 Å². The predicted molar refractivity (Wildman–Crippen MR) is 125 cm³/mol. The van der Waals surface area contributed by atoms with Crippen LogP contribution in [0.1, 0.15) is 41.0 Å². The average molecular weight is 482 g/mol. The molecule has 2 aromatic carbocycles. The Morgan fingerprint density at radius 1 is 0.971 bits per heavy atom. The van der Waals surface area contributed by atoms with E-state index in [1.807, 2.05) is 0 Å². The number of ether oxygens (including phenoxy) is 3. The molecule has 0 saturated heterocycles. The molecule has 0 aliphatic rings. The number of benzene rings is 2. The summed E-state index contributed by atoms with van der Waals surface area (Å²) in [4.78, 5) is 17.6. The Kier molecular flexibility index (Phi) is 6.81. The Morgan fingerprint density at radius 2 is 1.69 bits per heavy atom. The number of alkyl halides is 2. The highest BCUT2D eigenvalue weighted by atomic mass is 19.3. The highest BCUT2D eigenvalue weighted by molar-refractivity contribution is 6.00. The molecule has 1 amide bonds. The second-order valence-corrected chi connectivity index (χ2v) is 7.70. The number of nitrogens with zero attached hydrogens (tertiary/aromatic N) is 3. The number of fused-ring (bicyclic) bond motifs is 1. The van der Waals surface area contributed by atoms with Crippen LogP contribution in [-0.4, -0.2) is 41.8 Å². The smallest absolute Gasteiger partial charge is 0.280 e. The molecule has 0 aliphatic carbocycles. The summed E-state index contributed by atoms with van der Waals surface area (Å²) in [7, 11) is 4.60. The van der Waals surface area contributed by atoms with Crippen LogP contribution in [0.25, 0.3) is 16.9 Å². The van der Waals surface area contributed by atoms with E-state index in [0.29, 0.717) is 22.8 Å². The number of nitrogens with one attached hydrogen (secondary N) is 1. The van der Waals surface area contributed by atoms with Gasteiger partial charge in [0.05, 0.1) is 39.3 Å². The SMILES string of the molecule is COc1ccc(-c2cc(C(F)F)n3ncc(C(=O)NC(C)c4ccc(OC)c(OC)c4)c3n2)cc1. The number of carbonyl (C=O) groups is 1. The molecule has 1 N–H and O–H groups in total. The Balaban J connectivity index is 1.69. The van der Waals surface area contributed by atoms with Crippen LogP contribution in [0, 0.1) is 0 Å². The fraction of sp³-hybridized carbons (Fsp3) is 0.240. The van der Waals surface area contributed by atoms with Crippen molar-refractivity contribution in [2.45, 2.75) is 19.4 Å². The van der Waals surface area contributed by atoms with Gasteiger partial charge in [0.1, 0.15) is 17.0 Å². The van der Waals surface area contributed by atoms with Crippen LogP contribution in [0.5, 0.6) is 17.2 Å². The van der Waals surface area contributed by atoms with E-state index >= 15 is 0 Å². The van der Waals surface area contributed by atoms with Crippen LogP contribution in [0.3, 0.4) is 0 Å². The molecule has 2 heterocycles. The van der Waals surface area contributed by atoms with Crippen molar-refractivity contribution in [2.75, 3.05) is 21.3 Å². The van der Waals surface area contributed by atoms with Crippen LogP contribution in [0.15, 0.2) is 54.7 Å². The second kappa shape index (κ2) is 9.96. The summed E-state index contributed by atoms with van der Waals surface area (Å²) in [5.41, 5.74) is 1.40. The van der Waals surface area contributed by atoms with Gasteiger partial charge >= 0.3 is 0 Å². The summed E-state index contributed by atoms with van der Waals surface area (Å²) in [6, 6.07) is 13.0. The van der Waals surface area contributed by atoms with Crippen molar-refractivity contribution in [1.29, 1.82) is 0 Å². The first-order valence-electron chi connectivity index (χ1n) is 10.7. The largest absolute Gasteiger partial charge is 0.497 e. The maximum Gasteiger partial charge on any atom is 0.280 e. The van der Waals surface area contributed by atoms with Gasteiger partial charge in [-0.2, -0.15) is 5.10 Å². The zero-order valence-electron chi connectivity index (χ0n) is 19.6. The standard InChI is InChI=1S/C25H24F2N4O4/c1-14(16-7-10-21(34-3)22(11-16)35-4)29-25(32)18-13-28-31-20(23(26)27)12-19(30-24(18)31)15-5-8-17(33-2)9-6-15/h5-14,23H,1-4H3,(H,29,32). The monoisotopic (exact) mass is 482 g/mol. The molecule has 0 aliphatic heterocycles. The summed E-state index contributed by atoms with van der Waals surface area (Å²) in [5, 5.41) is 6.88. The molecular weight excluding hydrogens is 458 g/mol. The van der Waals surface area contributed by atoms with E-state index in [-0.39, 0.29) is 22.6 Å². The Bertz CT molecular complexity index is 1360. The lowest BCUT2D eigenvalue weighted by atomic mass is 10.1. The molecule has 4 rings (SSSR count). The van der Waals surface area contributed by atoms with E-state index in [4.69, 9.17) is 14.2 Å². The van der Waals surface area contributed by atoms with Gasteiger partial charge in [-0.1, -0.05) is 6.07 Å². The van der Waals surface area contributed by atoms with Crippen LogP contribution in [0.4, 0.5) is 8.78 Å². The molecule has 2 aromatic heterocycles. The van der Waals surface area contributed by atoms with E-state index in [0.717, 1.165) is 10.1 Å². The van der Waals surface area contributed by atoms with Gasteiger partial charge in [-0.15, -0.1) is 0 Å². The number of hydrogen-bond donors (Lipinski definition) is 1. The van der Waals surface area contributed by atoms with Gasteiger partial charge < -0.3 is 19.5 Å². The topological polar surface area (TPSA) is 87.0 Å². The van der Waals surface area contributed by atoms with Crippen LogP contribution >= 0.6 is 0 Å². The van der Waals surface area contributed by atoms with Gasteiger partial charge in [-0.25, -0.2) is 18.3 Å². The Labute approximate surface area is 200 Å².